The Morgan fingerprint density at radius 1 is 1.00 bits per heavy atom. The summed E-state index contributed by atoms with van der Waals surface area (Å²) >= 11 is 0. The maximum Gasteiger partial charge on any atom is 0.125 e. The van der Waals surface area contributed by atoms with E-state index in [1.165, 1.54) is 16.7 Å². The highest BCUT2D eigenvalue weighted by atomic mass is 32.2. The largest absolute Gasteiger partial charge is 0.370 e. The number of nitrogens with one attached hydrogen (secondary N) is 2. The number of rotatable bonds is 9. The van der Waals surface area contributed by atoms with E-state index in [-0.39, 0.29) is 0 Å². The zero-order valence-electron chi connectivity index (χ0n) is 18.1. The van der Waals surface area contributed by atoms with Crippen molar-refractivity contribution in [1.82, 2.24) is 4.72 Å². The summed E-state index contributed by atoms with van der Waals surface area (Å²) in [5.41, 5.74) is 3.81. The third-order valence-electron chi connectivity index (χ3n) is 5.40. The molecule has 1 aliphatic rings. The van der Waals surface area contributed by atoms with Crippen molar-refractivity contribution < 1.29 is 13.8 Å². The van der Waals surface area contributed by atoms with Crippen molar-refractivity contribution in [1.29, 1.82) is 0 Å². The van der Waals surface area contributed by atoms with Crippen LogP contribution in [0.5, 0.6) is 0 Å². The molecule has 1 fully saturated rings. The predicted octanol–water partition coefficient (Wildman–Crippen LogP) is 2.97. The molecule has 0 saturated carbocycles. The third-order valence-corrected chi connectivity index (χ3v) is 6.71. The van der Waals surface area contributed by atoms with E-state index >= 15 is 0 Å². The molecule has 1 aromatic rings. The zero-order chi connectivity index (χ0) is 20.0. The molecule has 1 heterocycles. The lowest BCUT2D eigenvalue weighted by Crippen LogP contribution is -3.14. The van der Waals surface area contributed by atoms with Gasteiger partial charge >= 0.3 is 0 Å². The van der Waals surface area contributed by atoms with Crippen LogP contribution < -0.4 is 9.62 Å². The molecule has 2 rings (SSSR count). The van der Waals surface area contributed by atoms with E-state index in [1.807, 2.05) is 0 Å². The van der Waals surface area contributed by atoms with Gasteiger partial charge in [0, 0.05) is 13.0 Å². The number of quaternary nitrogens is 1. The maximum absolute atomic E-state index is 13.2. The standard InChI is InChI=1S/C22H38N2O2S/c1-16(2)19-14-20(17(3)4)22(21(15-19)18(5)6)27(25)23-8-7-9-24-10-12-26-13-11-24/h14-18,23H,7-13H2,1-6H3/p+1/t27-/m0/s1. The molecule has 0 radical (unpaired) electrons. The lowest BCUT2D eigenvalue weighted by Gasteiger charge is -2.24. The van der Waals surface area contributed by atoms with Crippen LogP contribution in [0.2, 0.25) is 0 Å². The fraction of sp³-hybridized carbons (Fsp3) is 0.727. The van der Waals surface area contributed by atoms with E-state index in [2.05, 4.69) is 58.4 Å². The summed E-state index contributed by atoms with van der Waals surface area (Å²) < 4.78 is 21.9. The van der Waals surface area contributed by atoms with Gasteiger partial charge < -0.3 is 9.64 Å². The number of hydrogen-bond donors (Lipinski definition) is 2. The highest BCUT2D eigenvalue weighted by Crippen LogP contribution is 2.33. The van der Waals surface area contributed by atoms with Crippen molar-refractivity contribution in [3.63, 3.8) is 0 Å². The molecular formula is C22H39N2O2S+. The Balaban J connectivity index is 2.10. The fourth-order valence-corrected chi connectivity index (χ4v) is 5.08. The molecule has 27 heavy (non-hydrogen) atoms. The summed E-state index contributed by atoms with van der Waals surface area (Å²) in [5.74, 6) is 1.20. The Morgan fingerprint density at radius 3 is 2.04 bits per heavy atom. The molecule has 4 nitrogen and oxygen atoms in total. The Kier molecular flexibility index (Phi) is 8.93. The minimum absolute atomic E-state index is 0.361. The van der Waals surface area contributed by atoms with Crippen LogP contribution in [0.15, 0.2) is 17.0 Å². The van der Waals surface area contributed by atoms with Crippen molar-refractivity contribution in [2.75, 3.05) is 39.4 Å². The van der Waals surface area contributed by atoms with Gasteiger partial charge in [0.05, 0.1) is 24.7 Å². The number of hydrogen-bond acceptors (Lipinski definition) is 2. The van der Waals surface area contributed by atoms with Gasteiger partial charge in [-0.2, -0.15) is 0 Å². The second-order valence-corrected chi connectivity index (χ2v) is 9.86. The summed E-state index contributed by atoms with van der Waals surface area (Å²) in [6.45, 7) is 19.1. The lowest BCUT2D eigenvalue weighted by molar-refractivity contribution is -0.908. The summed E-state index contributed by atoms with van der Waals surface area (Å²) in [6.07, 6.45) is 1.04. The molecule has 0 spiro atoms. The van der Waals surface area contributed by atoms with Crippen LogP contribution in [0.3, 0.4) is 0 Å². The Bertz CT molecular complexity index is 594. The van der Waals surface area contributed by atoms with E-state index in [9.17, 15) is 4.21 Å². The van der Waals surface area contributed by atoms with Gasteiger partial charge in [-0.1, -0.05) is 53.7 Å². The molecule has 5 heteroatoms. The van der Waals surface area contributed by atoms with Gasteiger partial charge in [0.2, 0.25) is 0 Å². The first-order valence-corrected chi connectivity index (χ1v) is 11.7. The first kappa shape index (κ1) is 22.5. The second-order valence-electron chi connectivity index (χ2n) is 8.62. The Hall–Kier alpha value is -0.750. The molecule has 2 N–H and O–H groups in total. The molecule has 0 aliphatic carbocycles. The van der Waals surface area contributed by atoms with Crippen molar-refractivity contribution in [3.8, 4) is 0 Å². The van der Waals surface area contributed by atoms with Crippen LogP contribution in [0.4, 0.5) is 0 Å². The highest BCUT2D eigenvalue weighted by molar-refractivity contribution is 7.83. The molecule has 0 aromatic heterocycles. The zero-order valence-corrected chi connectivity index (χ0v) is 18.9. The molecule has 0 bridgehead atoms. The Morgan fingerprint density at radius 2 is 1.56 bits per heavy atom. The summed E-state index contributed by atoms with van der Waals surface area (Å²) in [5, 5.41) is 0. The lowest BCUT2D eigenvalue weighted by atomic mass is 9.89. The van der Waals surface area contributed by atoms with E-state index in [0.717, 1.165) is 50.7 Å². The fourth-order valence-electron chi connectivity index (χ4n) is 3.59. The maximum atomic E-state index is 13.2. The average Bonchev–Trinajstić information content (AvgIpc) is 2.64. The van der Waals surface area contributed by atoms with Crippen LogP contribution >= 0.6 is 0 Å². The summed E-state index contributed by atoms with van der Waals surface area (Å²) in [6, 6.07) is 4.54. The van der Waals surface area contributed by atoms with E-state index in [0.29, 0.717) is 17.8 Å². The van der Waals surface area contributed by atoms with Gasteiger partial charge in [0.25, 0.3) is 0 Å². The van der Waals surface area contributed by atoms with Crippen molar-refractivity contribution in [2.24, 2.45) is 0 Å². The summed E-state index contributed by atoms with van der Waals surface area (Å²) in [4.78, 5) is 2.61. The highest BCUT2D eigenvalue weighted by Gasteiger charge is 2.21. The van der Waals surface area contributed by atoms with E-state index in [1.54, 1.807) is 4.90 Å². The molecule has 1 aliphatic heterocycles. The SMILES string of the molecule is CC(C)c1cc(C(C)C)c([S@](=O)NCCC[NH+]2CCOCC2)c(C(C)C)c1. The number of ether oxygens (including phenoxy) is 1. The third kappa shape index (κ3) is 6.38. The minimum Gasteiger partial charge on any atom is -0.370 e. The Labute approximate surface area is 168 Å². The number of morpholine rings is 1. The molecule has 0 amide bonds. The van der Waals surface area contributed by atoms with Gasteiger partial charge in [-0.15, -0.1) is 0 Å². The van der Waals surface area contributed by atoms with Crippen LogP contribution in [0.1, 0.15) is 82.4 Å². The molecule has 154 valence electrons. The molecule has 1 aromatic carbocycles. The predicted molar refractivity (Wildman–Crippen MR) is 114 cm³/mol. The van der Waals surface area contributed by atoms with Crippen LogP contribution in [-0.4, -0.2) is 43.6 Å². The molecular weight excluding hydrogens is 356 g/mol. The smallest absolute Gasteiger partial charge is 0.125 e. The molecule has 0 unspecified atom stereocenters. The first-order valence-electron chi connectivity index (χ1n) is 10.6. The van der Waals surface area contributed by atoms with Crippen LogP contribution in [0, 0.1) is 0 Å². The first-order chi connectivity index (χ1) is 12.8. The van der Waals surface area contributed by atoms with Gasteiger partial charge in [-0.25, -0.2) is 8.93 Å². The molecule has 1 saturated heterocycles. The van der Waals surface area contributed by atoms with Gasteiger partial charge in [-0.05, 0) is 34.4 Å². The van der Waals surface area contributed by atoms with E-state index in [4.69, 9.17) is 4.74 Å². The summed E-state index contributed by atoms with van der Waals surface area (Å²) in [7, 11) is -1.16. The van der Waals surface area contributed by atoms with E-state index < -0.39 is 11.0 Å². The normalized spacial score (nSPS) is 17.2. The van der Waals surface area contributed by atoms with Crippen molar-refractivity contribution >= 4 is 11.0 Å². The van der Waals surface area contributed by atoms with Gasteiger partial charge in [0.1, 0.15) is 24.1 Å². The van der Waals surface area contributed by atoms with Crippen LogP contribution in [0.25, 0.3) is 0 Å². The number of benzene rings is 1. The average molecular weight is 396 g/mol. The van der Waals surface area contributed by atoms with Crippen molar-refractivity contribution in [3.05, 3.63) is 28.8 Å². The topological polar surface area (TPSA) is 42.8 Å². The quantitative estimate of drug-likeness (QED) is 0.631. The van der Waals surface area contributed by atoms with Gasteiger partial charge in [0.15, 0.2) is 0 Å². The monoisotopic (exact) mass is 395 g/mol. The molecule has 1 atom stereocenters. The van der Waals surface area contributed by atoms with Crippen molar-refractivity contribution in [2.45, 2.75) is 70.6 Å². The second kappa shape index (κ2) is 10.7. The van der Waals surface area contributed by atoms with Gasteiger partial charge in [-0.3, -0.25) is 0 Å². The van der Waals surface area contributed by atoms with Crippen LogP contribution in [-0.2, 0) is 15.7 Å². The minimum atomic E-state index is -1.16.